The highest BCUT2D eigenvalue weighted by molar-refractivity contribution is 7.87. The summed E-state index contributed by atoms with van der Waals surface area (Å²) in [6, 6.07) is 6.95. The molecule has 0 bridgehead atoms. The summed E-state index contributed by atoms with van der Waals surface area (Å²) in [5, 5.41) is 8.80. The van der Waals surface area contributed by atoms with E-state index < -0.39 is 10.2 Å². The molecule has 0 heterocycles. The number of nitrogens with zero attached hydrogens (tertiary/aromatic N) is 1. The Bertz CT molecular complexity index is 519. The number of nitrogens with one attached hydrogen (secondary N) is 1. The summed E-state index contributed by atoms with van der Waals surface area (Å²) in [5.74, 6) is 0.690. The third kappa shape index (κ3) is 5.09. The number of hydrogen-bond acceptors (Lipinski definition) is 4. The highest BCUT2D eigenvalue weighted by Gasteiger charge is 2.20. The van der Waals surface area contributed by atoms with E-state index in [4.69, 9.17) is 9.84 Å². The van der Waals surface area contributed by atoms with Crippen LogP contribution in [0.5, 0.6) is 5.75 Å². The fourth-order valence-electron chi connectivity index (χ4n) is 1.71. The van der Waals surface area contributed by atoms with Crippen LogP contribution in [0.1, 0.15) is 18.9 Å². The van der Waals surface area contributed by atoms with Gasteiger partial charge in [0.15, 0.2) is 0 Å². The van der Waals surface area contributed by atoms with E-state index in [0.29, 0.717) is 12.2 Å². The summed E-state index contributed by atoms with van der Waals surface area (Å²) >= 11 is 0. The Labute approximate surface area is 120 Å². The van der Waals surface area contributed by atoms with E-state index in [-0.39, 0.29) is 19.2 Å². The van der Waals surface area contributed by atoms with E-state index in [1.165, 1.54) is 11.4 Å². The van der Waals surface area contributed by atoms with Gasteiger partial charge in [0.1, 0.15) is 5.75 Å². The monoisotopic (exact) mass is 302 g/mol. The topological polar surface area (TPSA) is 78.9 Å². The number of aliphatic hydroxyl groups excluding tert-OH is 1. The Hall–Kier alpha value is -1.15. The van der Waals surface area contributed by atoms with Crippen LogP contribution in [0.2, 0.25) is 0 Å². The van der Waals surface area contributed by atoms with E-state index in [2.05, 4.69) is 4.72 Å². The van der Waals surface area contributed by atoms with Gasteiger partial charge in [-0.3, -0.25) is 0 Å². The number of hydrogen-bond donors (Lipinski definition) is 2. The normalized spacial score (nSPS) is 13.4. The van der Waals surface area contributed by atoms with Gasteiger partial charge in [-0.2, -0.15) is 17.4 Å². The van der Waals surface area contributed by atoms with E-state index in [9.17, 15) is 8.42 Å². The van der Waals surface area contributed by atoms with Crippen LogP contribution in [0.3, 0.4) is 0 Å². The molecular formula is C13H22N2O4S. The Morgan fingerprint density at radius 2 is 2.15 bits per heavy atom. The van der Waals surface area contributed by atoms with Crippen LogP contribution < -0.4 is 9.46 Å². The zero-order chi connectivity index (χ0) is 15.2. The number of rotatable bonds is 8. The zero-order valence-electron chi connectivity index (χ0n) is 12.0. The van der Waals surface area contributed by atoms with Crippen molar-refractivity contribution in [2.75, 3.05) is 20.8 Å². The zero-order valence-corrected chi connectivity index (χ0v) is 12.9. The minimum Gasteiger partial charge on any atom is -0.497 e. The van der Waals surface area contributed by atoms with Crippen LogP contribution >= 0.6 is 0 Å². The van der Waals surface area contributed by atoms with Gasteiger partial charge in [-0.25, -0.2) is 0 Å². The summed E-state index contributed by atoms with van der Waals surface area (Å²) in [6.07, 6.45) is 0.381. The molecular weight excluding hydrogens is 280 g/mol. The number of methoxy groups -OCH3 is 1. The fourth-order valence-corrected chi connectivity index (χ4v) is 2.83. The molecule has 0 spiro atoms. The summed E-state index contributed by atoms with van der Waals surface area (Å²) in [7, 11) is -0.494. The molecule has 1 aromatic rings. The molecule has 7 heteroatoms. The molecule has 0 saturated carbocycles. The Balaban J connectivity index is 2.71. The lowest BCUT2D eigenvalue weighted by Crippen LogP contribution is -2.42. The maximum Gasteiger partial charge on any atom is 0.279 e. The lowest BCUT2D eigenvalue weighted by Gasteiger charge is -2.21. The molecule has 0 aliphatic rings. The van der Waals surface area contributed by atoms with Gasteiger partial charge >= 0.3 is 0 Å². The van der Waals surface area contributed by atoms with Crippen molar-refractivity contribution in [2.45, 2.75) is 25.9 Å². The molecule has 20 heavy (non-hydrogen) atoms. The molecule has 1 atom stereocenters. The molecule has 1 unspecified atom stereocenters. The van der Waals surface area contributed by atoms with Crippen LogP contribution in [0.15, 0.2) is 24.3 Å². The van der Waals surface area contributed by atoms with Gasteiger partial charge in [0.25, 0.3) is 10.2 Å². The average molecular weight is 302 g/mol. The van der Waals surface area contributed by atoms with Gasteiger partial charge in [-0.1, -0.05) is 12.1 Å². The highest BCUT2D eigenvalue weighted by atomic mass is 32.2. The minimum atomic E-state index is -3.57. The van der Waals surface area contributed by atoms with Gasteiger partial charge in [0, 0.05) is 26.2 Å². The van der Waals surface area contributed by atoms with Crippen molar-refractivity contribution in [2.24, 2.45) is 0 Å². The van der Waals surface area contributed by atoms with Crippen LogP contribution in [0.4, 0.5) is 0 Å². The van der Waals surface area contributed by atoms with E-state index in [1.54, 1.807) is 26.2 Å². The smallest absolute Gasteiger partial charge is 0.279 e. The maximum absolute atomic E-state index is 12.1. The van der Waals surface area contributed by atoms with Crippen molar-refractivity contribution in [3.05, 3.63) is 29.8 Å². The van der Waals surface area contributed by atoms with Gasteiger partial charge < -0.3 is 9.84 Å². The fraction of sp³-hybridized carbons (Fsp3) is 0.538. The molecule has 1 rings (SSSR count). The molecule has 0 radical (unpaired) electrons. The summed E-state index contributed by atoms with van der Waals surface area (Å²) < 4.78 is 33.0. The standard InChI is InChI=1S/C13H22N2O4S/c1-11(7-8-16)14-20(17,18)15(2)10-12-5-4-6-13(9-12)19-3/h4-6,9,11,14,16H,7-8,10H2,1-3H3. The van der Waals surface area contributed by atoms with Crippen molar-refractivity contribution in [1.29, 1.82) is 0 Å². The Kier molecular flexibility index (Phi) is 6.41. The van der Waals surface area contributed by atoms with Crippen LogP contribution in [0, 0.1) is 0 Å². The molecule has 0 aliphatic heterocycles. The first-order valence-electron chi connectivity index (χ1n) is 6.36. The highest BCUT2D eigenvalue weighted by Crippen LogP contribution is 2.14. The first-order chi connectivity index (χ1) is 9.39. The molecule has 0 aromatic heterocycles. The lowest BCUT2D eigenvalue weighted by molar-refractivity contribution is 0.274. The molecule has 0 aliphatic carbocycles. The second-order valence-corrected chi connectivity index (χ2v) is 6.45. The largest absolute Gasteiger partial charge is 0.497 e. The second-order valence-electron chi connectivity index (χ2n) is 4.64. The van der Waals surface area contributed by atoms with Crippen molar-refractivity contribution in [3.63, 3.8) is 0 Å². The van der Waals surface area contributed by atoms with Gasteiger partial charge in [0.2, 0.25) is 0 Å². The Morgan fingerprint density at radius 1 is 1.45 bits per heavy atom. The van der Waals surface area contributed by atoms with Crippen LogP contribution in [-0.4, -0.2) is 44.6 Å². The number of benzene rings is 1. The molecule has 6 nitrogen and oxygen atoms in total. The first kappa shape index (κ1) is 16.9. The van der Waals surface area contributed by atoms with E-state index >= 15 is 0 Å². The van der Waals surface area contributed by atoms with Gasteiger partial charge in [-0.15, -0.1) is 0 Å². The van der Waals surface area contributed by atoms with Gasteiger partial charge in [0.05, 0.1) is 7.11 Å². The van der Waals surface area contributed by atoms with Crippen molar-refractivity contribution in [1.82, 2.24) is 9.03 Å². The third-order valence-corrected chi connectivity index (χ3v) is 4.51. The summed E-state index contributed by atoms with van der Waals surface area (Å²) in [4.78, 5) is 0. The molecule has 114 valence electrons. The number of ether oxygens (including phenoxy) is 1. The number of aliphatic hydroxyl groups is 1. The first-order valence-corrected chi connectivity index (χ1v) is 7.80. The summed E-state index contributed by atoms with van der Waals surface area (Å²) in [6.45, 7) is 1.91. The van der Waals surface area contributed by atoms with E-state index in [0.717, 1.165) is 5.56 Å². The predicted octanol–water partition coefficient (Wildman–Crippen LogP) is 0.732. The SMILES string of the molecule is COc1cccc(CN(C)S(=O)(=O)NC(C)CCO)c1. The minimum absolute atomic E-state index is 0.0523. The van der Waals surface area contributed by atoms with Crippen LogP contribution in [-0.2, 0) is 16.8 Å². The quantitative estimate of drug-likeness (QED) is 0.742. The van der Waals surface area contributed by atoms with E-state index in [1.807, 2.05) is 12.1 Å². The second kappa shape index (κ2) is 7.58. The maximum atomic E-state index is 12.1. The summed E-state index contributed by atoms with van der Waals surface area (Å²) in [5.41, 5.74) is 0.840. The predicted molar refractivity (Wildman–Crippen MR) is 77.7 cm³/mol. The molecule has 0 fully saturated rings. The van der Waals surface area contributed by atoms with Crippen molar-refractivity contribution < 1.29 is 18.3 Å². The van der Waals surface area contributed by atoms with Crippen molar-refractivity contribution >= 4 is 10.2 Å². The average Bonchev–Trinajstić information content (AvgIpc) is 2.38. The lowest BCUT2D eigenvalue weighted by atomic mass is 10.2. The van der Waals surface area contributed by atoms with Gasteiger partial charge in [-0.05, 0) is 31.0 Å². The third-order valence-electron chi connectivity index (χ3n) is 2.86. The molecule has 0 saturated heterocycles. The van der Waals surface area contributed by atoms with Crippen LogP contribution in [0.25, 0.3) is 0 Å². The molecule has 0 amide bonds. The Morgan fingerprint density at radius 3 is 2.75 bits per heavy atom. The van der Waals surface area contributed by atoms with Crippen molar-refractivity contribution in [3.8, 4) is 5.75 Å². The molecule has 1 aromatic carbocycles. The molecule has 2 N–H and O–H groups in total.